The Morgan fingerprint density at radius 1 is 1.91 bits per heavy atom. The summed E-state index contributed by atoms with van der Waals surface area (Å²) in [6.45, 7) is -0.273. The highest BCUT2D eigenvalue weighted by Gasteiger charge is 2.34. The number of carboxylic acid groups (broad SMARTS) is 1. The van der Waals surface area contributed by atoms with E-state index in [2.05, 4.69) is 0 Å². The number of hydrogen-bond acceptors (Lipinski definition) is 4. The molecule has 1 aliphatic rings. The highest BCUT2D eigenvalue weighted by molar-refractivity contribution is 7.99. The van der Waals surface area contributed by atoms with Gasteiger partial charge in [-0.25, -0.2) is 0 Å². The predicted octanol–water partition coefficient (Wildman–Crippen LogP) is -1.34. The van der Waals surface area contributed by atoms with Crippen molar-refractivity contribution in [2.24, 2.45) is 0 Å². The van der Waals surface area contributed by atoms with E-state index in [1.54, 1.807) is 0 Å². The molecule has 1 atom stereocenters. The monoisotopic (exact) mass is 174 g/mol. The van der Waals surface area contributed by atoms with Gasteiger partial charge < -0.3 is 14.8 Å². The summed E-state index contributed by atoms with van der Waals surface area (Å²) in [6.07, 6.45) is 2.30. The molecule has 1 aliphatic heterocycles. The van der Waals surface area contributed by atoms with Crippen LogP contribution in [0.1, 0.15) is 6.42 Å². The molecule has 0 aliphatic carbocycles. The molecule has 1 rings (SSSR count). The van der Waals surface area contributed by atoms with Crippen LogP contribution < -0.4 is 5.11 Å². The normalized spacial score (nSPS) is 23.2. The summed E-state index contributed by atoms with van der Waals surface area (Å²) in [4.78, 5) is 22.2. The van der Waals surface area contributed by atoms with E-state index in [0.29, 0.717) is 6.42 Å². The van der Waals surface area contributed by atoms with Crippen LogP contribution in [-0.2, 0) is 9.59 Å². The molecule has 1 amide bonds. The van der Waals surface area contributed by atoms with Gasteiger partial charge in [0.1, 0.15) is 0 Å². The molecule has 1 unspecified atom stereocenters. The van der Waals surface area contributed by atoms with Gasteiger partial charge in [-0.3, -0.25) is 4.79 Å². The highest BCUT2D eigenvalue weighted by Crippen LogP contribution is 2.26. The smallest absolute Gasteiger partial charge is 0.226 e. The van der Waals surface area contributed by atoms with Crippen molar-refractivity contribution in [2.75, 3.05) is 12.8 Å². The molecule has 0 aromatic heterocycles. The van der Waals surface area contributed by atoms with Crippen molar-refractivity contribution in [3.05, 3.63) is 0 Å². The van der Waals surface area contributed by atoms with Gasteiger partial charge in [0.25, 0.3) is 0 Å². The molecule has 0 aromatic rings. The third kappa shape index (κ3) is 1.65. The van der Waals surface area contributed by atoms with Gasteiger partial charge >= 0.3 is 0 Å². The van der Waals surface area contributed by atoms with Crippen LogP contribution in [0.2, 0.25) is 0 Å². The number of thioether (sulfide) groups is 1. The molecule has 0 spiro atoms. The number of hydrogen-bond donors (Lipinski definition) is 0. The second kappa shape index (κ2) is 3.13. The average molecular weight is 174 g/mol. The predicted molar refractivity (Wildman–Crippen MR) is 38.6 cm³/mol. The largest absolute Gasteiger partial charge is 0.548 e. The lowest BCUT2D eigenvalue weighted by molar-refractivity contribution is -0.306. The van der Waals surface area contributed by atoms with Gasteiger partial charge in [0, 0.05) is 0 Å². The standard InChI is InChI=1S/C6H9NO3S/c1-11-5-2-4(8)7(5)3-6(9)10/h5H,2-3H2,1H3,(H,9,10)/p-1. The SMILES string of the molecule is CSC1CC(=O)N1CC(=O)[O-]. The zero-order chi connectivity index (χ0) is 8.43. The zero-order valence-corrected chi connectivity index (χ0v) is 6.89. The van der Waals surface area contributed by atoms with Crippen LogP contribution in [0.5, 0.6) is 0 Å². The van der Waals surface area contributed by atoms with E-state index in [-0.39, 0.29) is 17.8 Å². The lowest BCUT2D eigenvalue weighted by Gasteiger charge is -2.39. The number of likely N-dealkylation sites (tertiary alicyclic amines) is 1. The lowest BCUT2D eigenvalue weighted by atomic mass is 10.2. The van der Waals surface area contributed by atoms with Crippen molar-refractivity contribution >= 4 is 23.6 Å². The van der Waals surface area contributed by atoms with Crippen LogP contribution in [0.4, 0.5) is 0 Å². The summed E-state index contributed by atoms with van der Waals surface area (Å²) in [5.74, 6) is -1.30. The average Bonchev–Trinajstić information content (AvgIpc) is 1.95. The maximum absolute atomic E-state index is 10.8. The Kier molecular flexibility index (Phi) is 2.38. The minimum absolute atomic E-state index is 0.0420. The number of rotatable bonds is 3. The minimum atomic E-state index is -1.20. The molecule has 11 heavy (non-hydrogen) atoms. The van der Waals surface area contributed by atoms with Crippen LogP contribution >= 0.6 is 11.8 Å². The quantitative estimate of drug-likeness (QED) is 0.497. The van der Waals surface area contributed by atoms with Crippen LogP contribution in [0, 0.1) is 0 Å². The van der Waals surface area contributed by atoms with Crippen molar-refractivity contribution in [1.82, 2.24) is 4.90 Å². The third-order valence-electron chi connectivity index (χ3n) is 1.59. The van der Waals surface area contributed by atoms with Crippen molar-refractivity contribution in [3.63, 3.8) is 0 Å². The number of aliphatic carboxylic acids is 1. The maximum Gasteiger partial charge on any atom is 0.226 e. The Balaban J connectivity index is 2.42. The Labute approximate surface area is 68.6 Å². The Bertz CT molecular complexity index is 194. The molecule has 1 saturated heterocycles. The number of amides is 1. The summed E-state index contributed by atoms with van der Waals surface area (Å²) in [5.41, 5.74) is 0. The summed E-state index contributed by atoms with van der Waals surface area (Å²) >= 11 is 1.48. The van der Waals surface area contributed by atoms with Crippen LogP contribution in [-0.4, -0.2) is 35.0 Å². The molecule has 4 nitrogen and oxygen atoms in total. The number of carboxylic acids is 1. The molecule has 0 saturated carbocycles. The molecule has 1 heterocycles. The minimum Gasteiger partial charge on any atom is -0.548 e. The fourth-order valence-electron chi connectivity index (χ4n) is 0.965. The van der Waals surface area contributed by atoms with Gasteiger partial charge in [-0.05, 0) is 6.26 Å². The van der Waals surface area contributed by atoms with Crippen molar-refractivity contribution in [1.29, 1.82) is 0 Å². The third-order valence-corrected chi connectivity index (χ3v) is 2.55. The summed E-state index contributed by atoms with van der Waals surface area (Å²) in [7, 11) is 0. The Morgan fingerprint density at radius 3 is 2.91 bits per heavy atom. The van der Waals surface area contributed by atoms with Gasteiger partial charge in [0.15, 0.2) is 0 Å². The second-order valence-electron chi connectivity index (χ2n) is 2.29. The number of carbonyl (C=O) groups is 2. The van der Waals surface area contributed by atoms with E-state index in [4.69, 9.17) is 0 Å². The van der Waals surface area contributed by atoms with Gasteiger partial charge in [-0.15, -0.1) is 11.8 Å². The molecule has 1 fully saturated rings. The zero-order valence-electron chi connectivity index (χ0n) is 6.07. The van der Waals surface area contributed by atoms with E-state index >= 15 is 0 Å². The van der Waals surface area contributed by atoms with E-state index in [9.17, 15) is 14.7 Å². The first kappa shape index (κ1) is 8.39. The first-order chi connectivity index (χ1) is 5.15. The van der Waals surface area contributed by atoms with Gasteiger partial charge in [0.2, 0.25) is 5.91 Å². The second-order valence-corrected chi connectivity index (χ2v) is 3.30. The highest BCUT2D eigenvalue weighted by atomic mass is 32.2. The molecule has 62 valence electrons. The first-order valence-electron chi connectivity index (χ1n) is 3.17. The van der Waals surface area contributed by atoms with E-state index in [0.717, 1.165) is 0 Å². The molecule has 0 N–H and O–H groups in total. The van der Waals surface area contributed by atoms with Gasteiger partial charge in [0.05, 0.1) is 24.3 Å². The van der Waals surface area contributed by atoms with E-state index < -0.39 is 5.97 Å². The van der Waals surface area contributed by atoms with Gasteiger partial charge in [-0.1, -0.05) is 0 Å². The van der Waals surface area contributed by atoms with Crippen molar-refractivity contribution in [3.8, 4) is 0 Å². The lowest BCUT2D eigenvalue weighted by Crippen LogP contribution is -2.54. The number of carbonyl (C=O) groups excluding carboxylic acids is 2. The Morgan fingerprint density at radius 2 is 2.55 bits per heavy atom. The molecule has 5 heteroatoms. The maximum atomic E-state index is 10.8. The molecule has 0 bridgehead atoms. The first-order valence-corrected chi connectivity index (χ1v) is 4.46. The molecular weight excluding hydrogens is 166 g/mol. The van der Waals surface area contributed by atoms with Crippen LogP contribution in [0.15, 0.2) is 0 Å². The summed E-state index contributed by atoms with van der Waals surface area (Å²) < 4.78 is 0. The molecule has 0 radical (unpaired) electrons. The van der Waals surface area contributed by atoms with E-state index in [1.807, 2.05) is 6.26 Å². The fraction of sp³-hybridized carbons (Fsp3) is 0.667. The number of nitrogens with zero attached hydrogens (tertiary/aromatic N) is 1. The number of β-lactam (4-membered cyclic amide) rings is 1. The summed E-state index contributed by atoms with van der Waals surface area (Å²) in [5, 5.41) is 10.1. The summed E-state index contributed by atoms with van der Waals surface area (Å²) in [6, 6.07) is 0. The van der Waals surface area contributed by atoms with Crippen LogP contribution in [0.25, 0.3) is 0 Å². The van der Waals surface area contributed by atoms with Crippen molar-refractivity contribution in [2.45, 2.75) is 11.8 Å². The Hall–Kier alpha value is -0.710. The topological polar surface area (TPSA) is 60.4 Å². The fourth-order valence-corrected chi connectivity index (χ4v) is 1.72. The van der Waals surface area contributed by atoms with E-state index in [1.165, 1.54) is 16.7 Å². The van der Waals surface area contributed by atoms with Crippen molar-refractivity contribution < 1.29 is 14.7 Å². The molecular formula is C6H8NO3S-. The van der Waals surface area contributed by atoms with Gasteiger partial charge in [-0.2, -0.15) is 0 Å². The van der Waals surface area contributed by atoms with Crippen LogP contribution in [0.3, 0.4) is 0 Å². The molecule has 0 aromatic carbocycles.